The summed E-state index contributed by atoms with van der Waals surface area (Å²) in [4.78, 5) is 35.1. The first-order valence-corrected chi connectivity index (χ1v) is 9.02. The number of hydrogen-bond donors (Lipinski definition) is 2. The molecule has 0 heterocycles. The maximum Gasteiger partial charge on any atom is 0.276 e. The van der Waals surface area contributed by atoms with Crippen molar-refractivity contribution in [2.24, 2.45) is 11.8 Å². The highest BCUT2D eigenvalue weighted by atomic mass is 16.5. The van der Waals surface area contributed by atoms with Gasteiger partial charge in [0.2, 0.25) is 5.91 Å². The zero-order chi connectivity index (χ0) is 18.9. The molecule has 142 valence electrons. The van der Waals surface area contributed by atoms with Crippen LogP contribution in [0.3, 0.4) is 0 Å². The molecule has 0 aromatic heterocycles. The van der Waals surface area contributed by atoms with Gasteiger partial charge < -0.3 is 14.6 Å². The molecule has 0 radical (unpaired) electrons. The van der Waals surface area contributed by atoms with E-state index in [0.717, 1.165) is 25.7 Å². The molecule has 1 aromatic carbocycles. The second-order valence-electron chi connectivity index (χ2n) is 6.54. The highest BCUT2D eigenvalue weighted by Crippen LogP contribution is 2.29. The molecule has 0 saturated heterocycles. The van der Waals surface area contributed by atoms with Gasteiger partial charge in [0.1, 0.15) is 5.75 Å². The number of ether oxygens (including phenoxy) is 1. The minimum Gasteiger partial charge on any atom is -0.550 e. The summed E-state index contributed by atoms with van der Waals surface area (Å²) in [5, 5.41) is 11.1. The molecule has 1 saturated carbocycles. The highest BCUT2D eigenvalue weighted by molar-refractivity contribution is 5.87. The lowest BCUT2D eigenvalue weighted by molar-refractivity contribution is -0.314. The van der Waals surface area contributed by atoms with Crippen LogP contribution in [0.5, 0.6) is 5.75 Å². The van der Waals surface area contributed by atoms with E-state index in [1.165, 1.54) is 5.56 Å². The summed E-state index contributed by atoms with van der Waals surface area (Å²) in [7, 11) is 0. The summed E-state index contributed by atoms with van der Waals surface area (Å²) in [6.45, 7) is 1.85. The summed E-state index contributed by atoms with van der Waals surface area (Å²) in [6, 6.07) is 7.48. The summed E-state index contributed by atoms with van der Waals surface area (Å²) in [5.41, 5.74) is 5.75. The van der Waals surface area contributed by atoms with Crippen LogP contribution in [0.25, 0.3) is 0 Å². The number of carboxylic acid groups (broad SMARTS) is 1. The number of nitrogens with one attached hydrogen (secondary N) is 2. The summed E-state index contributed by atoms with van der Waals surface area (Å²) in [5.74, 6) is -3.16. The lowest BCUT2D eigenvalue weighted by atomic mass is 9.79. The van der Waals surface area contributed by atoms with E-state index in [1.54, 1.807) is 12.1 Å². The van der Waals surface area contributed by atoms with Crippen LogP contribution in [0, 0.1) is 11.8 Å². The van der Waals surface area contributed by atoms with Gasteiger partial charge in [-0.25, -0.2) is 0 Å². The van der Waals surface area contributed by atoms with Gasteiger partial charge in [-0.1, -0.05) is 38.3 Å². The van der Waals surface area contributed by atoms with Crippen LogP contribution in [0.2, 0.25) is 0 Å². The summed E-state index contributed by atoms with van der Waals surface area (Å²) >= 11 is 0. The van der Waals surface area contributed by atoms with E-state index in [9.17, 15) is 19.5 Å². The van der Waals surface area contributed by atoms with Crippen molar-refractivity contribution < 1.29 is 24.2 Å². The van der Waals surface area contributed by atoms with Crippen LogP contribution in [0.15, 0.2) is 24.3 Å². The Hall–Kier alpha value is -2.57. The molecule has 7 nitrogen and oxygen atoms in total. The number of aryl methyl sites for hydroxylation is 1. The van der Waals surface area contributed by atoms with Crippen LogP contribution in [-0.2, 0) is 20.8 Å². The summed E-state index contributed by atoms with van der Waals surface area (Å²) < 4.78 is 5.37. The average molecular weight is 361 g/mol. The molecule has 1 aliphatic rings. The quantitative estimate of drug-likeness (QED) is 0.696. The van der Waals surface area contributed by atoms with Gasteiger partial charge in [0, 0.05) is 17.8 Å². The smallest absolute Gasteiger partial charge is 0.276 e. The molecular weight excluding hydrogens is 336 g/mol. The van der Waals surface area contributed by atoms with Gasteiger partial charge in [0.15, 0.2) is 6.61 Å². The Kier molecular flexibility index (Phi) is 7.44. The fourth-order valence-corrected chi connectivity index (χ4v) is 3.18. The van der Waals surface area contributed by atoms with Crippen molar-refractivity contribution >= 4 is 17.8 Å². The Morgan fingerprint density at radius 3 is 2.35 bits per heavy atom. The number of carboxylic acids is 1. The number of amides is 2. The zero-order valence-electron chi connectivity index (χ0n) is 15.0. The van der Waals surface area contributed by atoms with Gasteiger partial charge in [-0.15, -0.1) is 0 Å². The number of benzene rings is 1. The van der Waals surface area contributed by atoms with E-state index >= 15 is 0 Å². The Labute approximate surface area is 153 Å². The van der Waals surface area contributed by atoms with Crippen molar-refractivity contribution in [3.8, 4) is 5.75 Å². The van der Waals surface area contributed by atoms with E-state index in [2.05, 4.69) is 17.8 Å². The van der Waals surface area contributed by atoms with Gasteiger partial charge in [-0.3, -0.25) is 20.4 Å². The van der Waals surface area contributed by atoms with Crippen molar-refractivity contribution in [3.05, 3.63) is 29.8 Å². The Balaban J connectivity index is 1.75. The molecule has 1 aromatic rings. The van der Waals surface area contributed by atoms with E-state index in [0.29, 0.717) is 18.6 Å². The molecule has 1 fully saturated rings. The van der Waals surface area contributed by atoms with Gasteiger partial charge in [-0.2, -0.15) is 0 Å². The van der Waals surface area contributed by atoms with E-state index in [-0.39, 0.29) is 6.61 Å². The molecule has 0 bridgehead atoms. The van der Waals surface area contributed by atoms with Gasteiger partial charge >= 0.3 is 0 Å². The molecular formula is C19H25N2O5-. The number of hydrogen-bond acceptors (Lipinski definition) is 5. The third-order valence-electron chi connectivity index (χ3n) is 4.56. The van der Waals surface area contributed by atoms with Crippen molar-refractivity contribution in [2.75, 3.05) is 6.61 Å². The molecule has 2 rings (SSSR count). The molecule has 0 unspecified atom stereocenters. The van der Waals surface area contributed by atoms with Crippen LogP contribution in [-0.4, -0.2) is 24.4 Å². The standard InChI is InChI=1S/C19H26N2O5/c1-2-5-13-8-10-14(11-9-13)26-12-17(22)20-21-18(23)15-6-3-4-7-16(15)19(24)25/h8-11,15-16H,2-7,12H2,1H3,(H,20,22)(H,21,23)(H,24,25)/p-1/t15-,16+/m0/s1. The number of rotatable bonds is 7. The molecule has 26 heavy (non-hydrogen) atoms. The summed E-state index contributed by atoms with van der Waals surface area (Å²) in [6.07, 6.45) is 4.49. The van der Waals surface area contributed by atoms with Crippen LogP contribution >= 0.6 is 0 Å². The van der Waals surface area contributed by atoms with Crippen molar-refractivity contribution in [3.63, 3.8) is 0 Å². The highest BCUT2D eigenvalue weighted by Gasteiger charge is 2.31. The minimum atomic E-state index is -1.22. The Bertz CT molecular complexity index is 629. The Morgan fingerprint density at radius 2 is 1.73 bits per heavy atom. The third kappa shape index (κ3) is 5.75. The fourth-order valence-electron chi connectivity index (χ4n) is 3.18. The fraction of sp³-hybridized carbons (Fsp3) is 0.526. The van der Waals surface area contributed by atoms with Gasteiger partial charge in [0.25, 0.3) is 5.91 Å². The van der Waals surface area contributed by atoms with Crippen LogP contribution in [0.1, 0.15) is 44.6 Å². The molecule has 1 aliphatic carbocycles. The van der Waals surface area contributed by atoms with E-state index < -0.39 is 29.6 Å². The molecule has 2 atom stereocenters. The largest absolute Gasteiger partial charge is 0.550 e. The first-order valence-electron chi connectivity index (χ1n) is 9.02. The van der Waals surface area contributed by atoms with Crippen LogP contribution in [0.4, 0.5) is 0 Å². The minimum absolute atomic E-state index is 0.248. The third-order valence-corrected chi connectivity index (χ3v) is 4.56. The normalized spacial score (nSPS) is 19.4. The average Bonchev–Trinajstić information content (AvgIpc) is 2.65. The van der Waals surface area contributed by atoms with E-state index in [1.807, 2.05) is 12.1 Å². The van der Waals surface area contributed by atoms with Crippen LogP contribution < -0.4 is 20.7 Å². The lowest BCUT2D eigenvalue weighted by Crippen LogP contribution is -2.50. The Morgan fingerprint density at radius 1 is 1.08 bits per heavy atom. The number of carbonyl (C=O) groups excluding carboxylic acids is 3. The zero-order valence-corrected chi connectivity index (χ0v) is 15.0. The monoisotopic (exact) mass is 361 g/mol. The molecule has 2 amide bonds. The molecule has 0 spiro atoms. The predicted octanol–water partition coefficient (Wildman–Crippen LogP) is 0.722. The number of carbonyl (C=O) groups is 3. The van der Waals surface area contributed by atoms with Gasteiger partial charge in [-0.05, 0) is 37.0 Å². The van der Waals surface area contributed by atoms with Crippen molar-refractivity contribution in [2.45, 2.75) is 45.4 Å². The number of aliphatic carboxylic acids is 1. The van der Waals surface area contributed by atoms with E-state index in [4.69, 9.17) is 4.74 Å². The molecule has 7 heteroatoms. The topological polar surface area (TPSA) is 108 Å². The molecule has 0 aliphatic heterocycles. The van der Waals surface area contributed by atoms with Crippen molar-refractivity contribution in [1.29, 1.82) is 0 Å². The first kappa shape index (κ1) is 19.8. The number of hydrazine groups is 1. The van der Waals surface area contributed by atoms with Gasteiger partial charge in [0.05, 0.1) is 0 Å². The maximum atomic E-state index is 12.1. The predicted molar refractivity (Wildman–Crippen MR) is 92.7 cm³/mol. The second-order valence-corrected chi connectivity index (χ2v) is 6.54. The maximum absolute atomic E-state index is 12.1. The molecule has 2 N–H and O–H groups in total. The van der Waals surface area contributed by atoms with Crippen molar-refractivity contribution in [1.82, 2.24) is 10.9 Å². The first-order chi connectivity index (χ1) is 12.5. The lowest BCUT2D eigenvalue weighted by Gasteiger charge is -2.31. The SMILES string of the molecule is CCCc1ccc(OCC(=O)NNC(=O)[C@H]2CCCC[C@H]2C(=O)[O-])cc1. The second kappa shape index (κ2) is 9.79.